The standard InChI is InChI=1S/C30H42O10/c1-14-22-11-21-12-23(36-16(3)31)15(2)26(29(21,8)9)27(39-19(6)34)28(40-20(7)35)30(22,10)25(38-18(5)33)13-24(14)37-17(4)32/h21-25,27-28H,1,11-13H2,2-10H3/t21-,22-,23+,24+,25+,27-,28+,30+/m1/s1. The lowest BCUT2D eigenvalue weighted by molar-refractivity contribution is -0.212. The van der Waals surface area contributed by atoms with Crippen LogP contribution in [-0.2, 0) is 47.7 Å². The van der Waals surface area contributed by atoms with Crippen LogP contribution in [0.4, 0.5) is 0 Å². The van der Waals surface area contributed by atoms with E-state index in [2.05, 4.69) is 6.58 Å². The van der Waals surface area contributed by atoms with Crippen LogP contribution in [0, 0.1) is 22.7 Å². The zero-order valence-corrected chi connectivity index (χ0v) is 25.0. The number of hydrogen-bond acceptors (Lipinski definition) is 10. The van der Waals surface area contributed by atoms with Crippen molar-refractivity contribution in [3.05, 3.63) is 23.3 Å². The normalized spacial score (nSPS) is 34.8. The summed E-state index contributed by atoms with van der Waals surface area (Å²) in [7, 11) is 0. The Morgan fingerprint density at radius 2 is 1.20 bits per heavy atom. The van der Waals surface area contributed by atoms with E-state index in [-0.39, 0.29) is 12.3 Å². The van der Waals surface area contributed by atoms with E-state index in [1.165, 1.54) is 34.6 Å². The smallest absolute Gasteiger partial charge is 0.303 e. The lowest BCUT2D eigenvalue weighted by Gasteiger charge is -2.59. The van der Waals surface area contributed by atoms with E-state index in [1.807, 2.05) is 27.7 Å². The van der Waals surface area contributed by atoms with E-state index in [0.29, 0.717) is 24.0 Å². The Hall–Kier alpha value is -3.17. The van der Waals surface area contributed by atoms with Gasteiger partial charge >= 0.3 is 29.8 Å². The maximum Gasteiger partial charge on any atom is 0.303 e. The minimum absolute atomic E-state index is 0.0950. The molecule has 10 heteroatoms. The number of hydrogen-bond donors (Lipinski definition) is 0. The summed E-state index contributed by atoms with van der Waals surface area (Å²) in [5.74, 6) is -3.35. The molecule has 0 aromatic rings. The summed E-state index contributed by atoms with van der Waals surface area (Å²) in [5.41, 5.74) is 0.296. The molecule has 0 unspecified atom stereocenters. The molecule has 0 aromatic carbocycles. The van der Waals surface area contributed by atoms with Crippen molar-refractivity contribution in [2.75, 3.05) is 0 Å². The van der Waals surface area contributed by atoms with E-state index < -0.39 is 77.1 Å². The summed E-state index contributed by atoms with van der Waals surface area (Å²) in [6.07, 6.45) is -3.36. The molecule has 0 radical (unpaired) electrons. The zero-order valence-electron chi connectivity index (χ0n) is 25.0. The van der Waals surface area contributed by atoms with Gasteiger partial charge in [-0.2, -0.15) is 0 Å². The Kier molecular flexibility index (Phi) is 8.91. The van der Waals surface area contributed by atoms with Gasteiger partial charge in [-0.1, -0.05) is 27.4 Å². The summed E-state index contributed by atoms with van der Waals surface area (Å²) in [4.78, 5) is 61.8. The van der Waals surface area contributed by atoms with Crippen molar-refractivity contribution in [3.8, 4) is 0 Å². The molecule has 3 rings (SSSR count). The topological polar surface area (TPSA) is 132 Å². The van der Waals surface area contributed by atoms with E-state index in [4.69, 9.17) is 23.7 Å². The first-order valence-corrected chi connectivity index (χ1v) is 13.7. The highest BCUT2D eigenvalue weighted by molar-refractivity contribution is 5.69. The molecule has 0 heterocycles. The van der Waals surface area contributed by atoms with Crippen LogP contribution in [-0.4, -0.2) is 60.4 Å². The highest BCUT2D eigenvalue weighted by atomic mass is 16.6. The fourth-order valence-electron chi connectivity index (χ4n) is 7.31. The van der Waals surface area contributed by atoms with Crippen molar-refractivity contribution >= 4 is 29.8 Å². The van der Waals surface area contributed by atoms with Crippen LogP contribution in [0.2, 0.25) is 0 Å². The Balaban J connectivity index is 2.39. The minimum atomic E-state index is -1.13. The molecule has 0 aromatic heterocycles. The van der Waals surface area contributed by atoms with Crippen LogP contribution in [0.5, 0.6) is 0 Å². The molecular formula is C30H42O10. The molecule has 0 aliphatic heterocycles. The maximum atomic E-state index is 12.7. The summed E-state index contributed by atoms with van der Waals surface area (Å²) in [6.45, 7) is 18.5. The van der Waals surface area contributed by atoms with Gasteiger partial charge in [0, 0.05) is 41.0 Å². The molecule has 0 spiro atoms. The second-order valence-corrected chi connectivity index (χ2v) is 12.1. The number of carbonyl (C=O) groups excluding carboxylic acids is 5. The summed E-state index contributed by atoms with van der Waals surface area (Å²) < 4.78 is 29.3. The van der Waals surface area contributed by atoms with Gasteiger partial charge < -0.3 is 23.7 Å². The number of fused-ring (bicyclic) bond motifs is 3. The van der Waals surface area contributed by atoms with E-state index >= 15 is 0 Å². The minimum Gasteiger partial charge on any atom is -0.462 e. The first kappa shape index (κ1) is 31.4. The molecule has 2 fully saturated rings. The molecule has 10 nitrogen and oxygen atoms in total. The molecule has 0 saturated heterocycles. The molecule has 2 bridgehead atoms. The van der Waals surface area contributed by atoms with Gasteiger partial charge in [-0.3, -0.25) is 24.0 Å². The van der Waals surface area contributed by atoms with Gasteiger partial charge in [0.15, 0.2) is 12.2 Å². The lowest BCUT2D eigenvalue weighted by atomic mass is 9.49. The number of esters is 5. The number of ether oxygens (including phenoxy) is 5. The third kappa shape index (κ3) is 5.81. The van der Waals surface area contributed by atoms with Crippen LogP contribution in [0.25, 0.3) is 0 Å². The molecule has 8 atom stereocenters. The maximum absolute atomic E-state index is 12.7. The van der Waals surface area contributed by atoms with E-state index in [0.717, 1.165) is 5.57 Å². The van der Waals surface area contributed by atoms with Crippen molar-refractivity contribution in [2.24, 2.45) is 22.7 Å². The summed E-state index contributed by atoms with van der Waals surface area (Å²) >= 11 is 0. The average Bonchev–Trinajstić information content (AvgIpc) is 2.78. The fourth-order valence-corrected chi connectivity index (χ4v) is 7.31. The van der Waals surface area contributed by atoms with E-state index in [9.17, 15) is 24.0 Å². The average molecular weight is 563 g/mol. The van der Waals surface area contributed by atoms with Crippen LogP contribution in [0.1, 0.15) is 81.6 Å². The van der Waals surface area contributed by atoms with Gasteiger partial charge in [-0.25, -0.2) is 0 Å². The van der Waals surface area contributed by atoms with Gasteiger partial charge in [0.25, 0.3) is 0 Å². The van der Waals surface area contributed by atoms with Gasteiger partial charge in [0.2, 0.25) is 0 Å². The molecule has 0 amide bonds. The zero-order chi connectivity index (χ0) is 30.3. The molecule has 3 aliphatic rings. The summed E-state index contributed by atoms with van der Waals surface area (Å²) in [6, 6.07) is 0. The quantitative estimate of drug-likeness (QED) is 0.275. The molecule has 2 saturated carbocycles. The SMILES string of the molecule is C=C1[C@@H](OC(C)=O)C[C@H](OC(C)=O)[C@]2(C)[C@@H]1C[C@@H]1C[C@H](OC(C)=O)C(C)=C([C@@H](OC(C)=O)[C@@H]2OC(C)=O)C1(C)C. The molecular weight excluding hydrogens is 520 g/mol. The predicted molar refractivity (Wildman–Crippen MR) is 142 cm³/mol. The largest absolute Gasteiger partial charge is 0.462 e. The van der Waals surface area contributed by atoms with Gasteiger partial charge in [-0.05, 0) is 53.7 Å². The molecule has 0 N–H and O–H groups in total. The highest BCUT2D eigenvalue weighted by Gasteiger charge is 2.64. The van der Waals surface area contributed by atoms with Crippen molar-refractivity contribution in [1.29, 1.82) is 0 Å². The Morgan fingerprint density at radius 1 is 0.700 bits per heavy atom. The van der Waals surface area contributed by atoms with Gasteiger partial charge in [-0.15, -0.1) is 0 Å². The monoisotopic (exact) mass is 562 g/mol. The van der Waals surface area contributed by atoms with Crippen molar-refractivity contribution < 1.29 is 47.7 Å². The Bertz CT molecular complexity index is 1130. The highest BCUT2D eigenvalue weighted by Crippen LogP contribution is 2.61. The number of rotatable bonds is 5. The first-order chi connectivity index (χ1) is 18.4. The molecule has 3 aliphatic carbocycles. The second kappa shape index (κ2) is 11.4. The second-order valence-electron chi connectivity index (χ2n) is 12.1. The predicted octanol–water partition coefficient (Wildman–Crippen LogP) is 3.99. The number of carbonyl (C=O) groups is 5. The van der Waals surface area contributed by atoms with E-state index in [1.54, 1.807) is 0 Å². The lowest BCUT2D eigenvalue weighted by Crippen LogP contribution is -2.64. The van der Waals surface area contributed by atoms with Crippen LogP contribution in [0.3, 0.4) is 0 Å². The third-order valence-corrected chi connectivity index (χ3v) is 9.06. The van der Waals surface area contributed by atoms with Crippen molar-refractivity contribution in [1.82, 2.24) is 0 Å². The van der Waals surface area contributed by atoms with Crippen LogP contribution >= 0.6 is 0 Å². The Labute approximate surface area is 235 Å². The molecule has 40 heavy (non-hydrogen) atoms. The summed E-state index contributed by atoms with van der Waals surface area (Å²) in [5, 5.41) is 0. The van der Waals surface area contributed by atoms with Crippen molar-refractivity contribution in [3.63, 3.8) is 0 Å². The van der Waals surface area contributed by atoms with Crippen LogP contribution in [0.15, 0.2) is 23.3 Å². The van der Waals surface area contributed by atoms with Gasteiger partial charge in [0.1, 0.15) is 18.3 Å². The fraction of sp³-hybridized carbons (Fsp3) is 0.700. The molecule has 222 valence electrons. The van der Waals surface area contributed by atoms with Crippen molar-refractivity contribution in [2.45, 2.75) is 112 Å². The van der Waals surface area contributed by atoms with Gasteiger partial charge in [0.05, 0.1) is 5.41 Å². The first-order valence-electron chi connectivity index (χ1n) is 13.7. The van der Waals surface area contributed by atoms with Crippen LogP contribution < -0.4 is 0 Å². The third-order valence-electron chi connectivity index (χ3n) is 9.06. The Morgan fingerprint density at radius 3 is 1.70 bits per heavy atom.